The Kier molecular flexibility index (Phi) is 2.89. The average molecular weight is 220 g/mol. The summed E-state index contributed by atoms with van der Waals surface area (Å²) < 4.78 is 47.0. The van der Waals surface area contributed by atoms with Gasteiger partial charge >= 0.3 is 0 Å². The third-order valence-electron chi connectivity index (χ3n) is 1.91. The lowest BCUT2D eigenvalue weighted by Crippen LogP contribution is -1.99. The molecule has 1 aromatic rings. The minimum absolute atomic E-state index is 0.0709. The molecule has 1 rings (SSSR count). The van der Waals surface area contributed by atoms with Crippen molar-refractivity contribution in [2.45, 2.75) is 18.2 Å². The van der Waals surface area contributed by atoms with Crippen molar-refractivity contribution in [2.75, 3.05) is 6.26 Å². The average Bonchev–Trinajstić information content (AvgIpc) is 2.02. The first kappa shape index (κ1) is 11.1. The van der Waals surface area contributed by atoms with Crippen molar-refractivity contribution in [3.8, 4) is 0 Å². The van der Waals surface area contributed by atoms with E-state index in [0.717, 1.165) is 12.3 Å². The maximum absolute atomic E-state index is 12.4. The lowest BCUT2D eigenvalue weighted by Gasteiger charge is -2.06. The van der Waals surface area contributed by atoms with Crippen LogP contribution in [0.3, 0.4) is 0 Å². The number of halogens is 2. The number of alkyl halides is 2. The molecule has 78 valence electrons. The number of hydrogen-bond donors (Lipinski definition) is 0. The van der Waals surface area contributed by atoms with Gasteiger partial charge in [0.15, 0.2) is 9.84 Å². The van der Waals surface area contributed by atoms with Crippen LogP contribution in [0.5, 0.6) is 0 Å². The lowest BCUT2D eigenvalue weighted by molar-refractivity contribution is 0.150. The fourth-order valence-corrected chi connectivity index (χ4v) is 1.74. The number of sulfone groups is 1. The van der Waals surface area contributed by atoms with Crippen LogP contribution in [0.1, 0.15) is 17.6 Å². The first-order chi connectivity index (χ1) is 6.32. The van der Waals surface area contributed by atoms with Crippen LogP contribution in [-0.4, -0.2) is 14.7 Å². The Balaban J connectivity index is 3.34. The van der Waals surface area contributed by atoms with E-state index in [4.69, 9.17) is 0 Å². The van der Waals surface area contributed by atoms with Crippen LogP contribution in [0.4, 0.5) is 8.78 Å². The van der Waals surface area contributed by atoms with E-state index in [0.29, 0.717) is 5.56 Å². The van der Waals surface area contributed by atoms with Gasteiger partial charge in [0.1, 0.15) is 0 Å². The summed E-state index contributed by atoms with van der Waals surface area (Å²) in [5.74, 6) is 0. The number of aryl methyl sites for hydroxylation is 1. The standard InChI is InChI=1S/C9H10F2O2S/c1-6-3-4-7(14(2,12)13)5-8(6)9(10)11/h3-5,9H,1-2H3. The Morgan fingerprint density at radius 2 is 1.86 bits per heavy atom. The van der Waals surface area contributed by atoms with E-state index in [1.165, 1.54) is 19.1 Å². The van der Waals surface area contributed by atoms with Crippen molar-refractivity contribution in [3.63, 3.8) is 0 Å². The first-order valence-corrected chi connectivity index (χ1v) is 5.80. The highest BCUT2D eigenvalue weighted by molar-refractivity contribution is 7.90. The lowest BCUT2D eigenvalue weighted by atomic mass is 10.1. The molecule has 1 aromatic carbocycles. The highest BCUT2D eigenvalue weighted by Crippen LogP contribution is 2.25. The summed E-state index contributed by atoms with van der Waals surface area (Å²) in [5, 5.41) is 0. The van der Waals surface area contributed by atoms with Crippen molar-refractivity contribution in [3.05, 3.63) is 29.3 Å². The van der Waals surface area contributed by atoms with Crippen LogP contribution in [0.2, 0.25) is 0 Å². The van der Waals surface area contributed by atoms with Gasteiger partial charge in [-0.25, -0.2) is 17.2 Å². The topological polar surface area (TPSA) is 34.1 Å². The Morgan fingerprint density at radius 3 is 2.29 bits per heavy atom. The maximum atomic E-state index is 12.4. The molecule has 0 bridgehead atoms. The minimum atomic E-state index is -3.41. The predicted octanol–water partition coefficient (Wildman–Crippen LogP) is 2.34. The van der Waals surface area contributed by atoms with Gasteiger partial charge in [-0.2, -0.15) is 0 Å². The van der Waals surface area contributed by atoms with E-state index in [9.17, 15) is 17.2 Å². The van der Waals surface area contributed by atoms with Crippen molar-refractivity contribution >= 4 is 9.84 Å². The number of rotatable bonds is 2. The van der Waals surface area contributed by atoms with Crippen LogP contribution in [-0.2, 0) is 9.84 Å². The minimum Gasteiger partial charge on any atom is -0.224 e. The zero-order valence-corrected chi connectivity index (χ0v) is 8.61. The molecule has 0 aliphatic rings. The molecule has 0 spiro atoms. The normalized spacial score (nSPS) is 12.1. The van der Waals surface area contributed by atoms with Gasteiger partial charge in [-0.1, -0.05) is 6.07 Å². The number of benzene rings is 1. The second-order valence-electron chi connectivity index (χ2n) is 3.09. The Hall–Kier alpha value is -0.970. The molecular weight excluding hydrogens is 210 g/mol. The molecule has 0 aliphatic heterocycles. The summed E-state index contributed by atoms with van der Waals surface area (Å²) in [6, 6.07) is 3.74. The monoisotopic (exact) mass is 220 g/mol. The van der Waals surface area contributed by atoms with Gasteiger partial charge < -0.3 is 0 Å². The third-order valence-corrected chi connectivity index (χ3v) is 3.02. The molecule has 0 aliphatic carbocycles. The Bertz CT molecular complexity index is 438. The van der Waals surface area contributed by atoms with Gasteiger partial charge in [0.2, 0.25) is 0 Å². The van der Waals surface area contributed by atoms with Crippen LogP contribution >= 0.6 is 0 Å². The predicted molar refractivity (Wildman–Crippen MR) is 49.2 cm³/mol. The second kappa shape index (κ2) is 3.65. The molecule has 0 unspecified atom stereocenters. The first-order valence-electron chi connectivity index (χ1n) is 3.91. The van der Waals surface area contributed by atoms with Gasteiger partial charge in [0.25, 0.3) is 6.43 Å². The molecule has 0 saturated heterocycles. The van der Waals surface area contributed by atoms with Crippen molar-refractivity contribution < 1.29 is 17.2 Å². The zero-order valence-electron chi connectivity index (χ0n) is 7.79. The van der Waals surface area contributed by atoms with Gasteiger partial charge in [-0.15, -0.1) is 0 Å². The van der Waals surface area contributed by atoms with Gasteiger partial charge in [-0.05, 0) is 24.6 Å². The van der Waals surface area contributed by atoms with Crippen LogP contribution in [0, 0.1) is 6.92 Å². The molecule has 0 heterocycles. The van der Waals surface area contributed by atoms with E-state index in [-0.39, 0.29) is 10.5 Å². The molecule has 0 amide bonds. The van der Waals surface area contributed by atoms with Gasteiger partial charge in [-0.3, -0.25) is 0 Å². The van der Waals surface area contributed by atoms with Crippen molar-refractivity contribution in [1.29, 1.82) is 0 Å². The molecule has 0 atom stereocenters. The smallest absolute Gasteiger partial charge is 0.224 e. The van der Waals surface area contributed by atoms with Crippen LogP contribution in [0.15, 0.2) is 23.1 Å². The molecule has 0 radical (unpaired) electrons. The molecule has 0 saturated carbocycles. The van der Waals surface area contributed by atoms with Crippen molar-refractivity contribution in [2.24, 2.45) is 0 Å². The molecule has 5 heteroatoms. The number of hydrogen-bond acceptors (Lipinski definition) is 2. The highest BCUT2D eigenvalue weighted by Gasteiger charge is 2.14. The van der Waals surface area contributed by atoms with E-state index < -0.39 is 16.3 Å². The van der Waals surface area contributed by atoms with E-state index in [2.05, 4.69) is 0 Å². The highest BCUT2D eigenvalue weighted by atomic mass is 32.2. The third kappa shape index (κ3) is 2.29. The quantitative estimate of drug-likeness (QED) is 0.766. The molecule has 2 nitrogen and oxygen atoms in total. The van der Waals surface area contributed by atoms with Gasteiger partial charge in [0.05, 0.1) is 4.90 Å². The molecule has 14 heavy (non-hydrogen) atoms. The molecule has 0 N–H and O–H groups in total. The summed E-state index contributed by atoms with van der Waals surface area (Å²) in [6.45, 7) is 1.52. The maximum Gasteiger partial charge on any atom is 0.264 e. The summed E-state index contributed by atoms with van der Waals surface area (Å²) in [4.78, 5) is -0.0709. The summed E-state index contributed by atoms with van der Waals surface area (Å²) >= 11 is 0. The van der Waals surface area contributed by atoms with E-state index in [1.807, 2.05) is 0 Å². The summed E-state index contributed by atoms with van der Waals surface area (Å²) in [6.07, 6.45) is -1.65. The van der Waals surface area contributed by atoms with E-state index in [1.54, 1.807) is 0 Å². The summed E-state index contributed by atoms with van der Waals surface area (Å²) in [7, 11) is -3.41. The fourth-order valence-electron chi connectivity index (χ4n) is 1.08. The zero-order chi connectivity index (χ0) is 10.9. The van der Waals surface area contributed by atoms with Crippen LogP contribution in [0.25, 0.3) is 0 Å². The molecular formula is C9H10F2O2S. The Morgan fingerprint density at radius 1 is 1.29 bits per heavy atom. The summed E-state index contributed by atoms with van der Waals surface area (Å²) in [5.41, 5.74) is 0.167. The Labute approximate surface area is 81.5 Å². The molecule has 0 fully saturated rings. The second-order valence-corrected chi connectivity index (χ2v) is 5.11. The van der Waals surface area contributed by atoms with Crippen LogP contribution < -0.4 is 0 Å². The van der Waals surface area contributed by atoms with Crippen molar-refractivity contribution in [1.82, 2.24) is 0 Å². The largest absolute Gasteiger partial charge is 0.264 e. The molecule has 0 aromatic heterocycles. The SMILES string of the molecule is Cc1ccc(S(C)(=O)=O)cc1C(F)F. The van der Waals surface area contributed by atoms with Gasteiger partial charge in [0, 0.05) is 11.8 Å². The fraction of sp³-hybridized carbons (Fsp3) is 0.333. The van der Waals surface area contributed by atoms with E-state index >= 15 is 0 Å².